The number of rotatable bonds is 4. The third-order valence-corrected chi connectivity index (χ3v) is 3.06. The van der Waals surface area contributed by atoms with Gasteiger partial charge < -0.3 is 14.4 Å². The van der Waals surface area contributed by atoms with Crippen molar-refractivity contribution in [2.75, 3.05) is 7.11 Å². The zero-order valence-corrected chi connectivity index (χ0v) is 11.4. The van der Waals surface area contributed by atoms with Crippen LogP contribution in [0.4, 0.5) is 0 Å². The lowest BCUT2D eigenvalue weighted by molar-refractivity contribution is -0.143. The monoisotopic (exact) mass is 293 g/mol. The molecule has 0 bridgehead atoms. The van der Waals surface area contributed by atoms with E-state index in [1.165, 1.54) is 23.9 Å². The minimum Gasteiger partial charge on any atom is -0.477 e. The van der Waals surface area contributed by atoms with Crippen LogP contribution in [-0.4, -0.2) is 28.7 Å². The Balaban J connectivity index is 2.58. The molecule has 0 radical (unpaired) electrons. The molecule has 0 spiro atoms. The third kappa shape index (κ3) is 2.67. The first-order valence-corrected chi connectivity index (χ1v) is 6.16. The Kier molecular flexibility index (Phi) is 4.10. The minimum atomic E-state index is -1.17. The number of carbonyl (C=O) groups is 2. The maximum absolute atomic E-state index is 12.0. The molecule has 0 aliphatic carbocycles. The fourth-order valence-electron chi connectivity index (χ4n) is 1.99. The van der Waals surface area contributed by atoms with Crippen molar-refractivity contribution in [2.24, 2.45) is 0 Å². The van der Waals surface area contributed by atoms with Crippen molar-refractivity contribution >= 4 is 23.5 Å². The van der Waals surface area contributed by atoms with E-state index < -0.39 is 18.0 Å². The van der Waals surface area contributed by atoms with Gasteiger partial charge in [0.15, 0.2) is 6.04 Å². The van der Waals surface area contributed by atoms with E-state index in [1.54, 1.807) is 30.3 Å². The van der Waals surface area contributed by atoms with Crippen LogP contribution in [0.15, 0.2) is 42.6 Å². The summed E-state index contributed by atoms with van der Waals surface area (Å²) in [6, 6.07) is 9.18. The molecule has 0 aliphatic heterocycles. The fourth-order valence-corrected chi connectivity index (χ4v) is 2.20. The first kappa shape index (κ1) is 14.1. The van der Waals surface area contributed by atoms with Gasteiger partial charge in [0.2, 0.25) is 0 Å². The molecule has 1 N–H and O–H groups in total. The van der Waals surface area contributed by atoms with Gasteiger partial charge in [-0.2, -0.15) is 0 Å². The van der Waals surface area contributed by atoms with Crippen LogP contribution in [-0.2, 0) is 9.53 Å². The summed E-state index contributed by atoms with van der Waals surface area (Å²) in [5, 5.41) is 9.44. The number of nitrogens with zero attached hydrogens (tertiary/aromatic N) is 1. The highest BCUT2D eigenvalue weighted by Gasteiger charge is 2.27. The Labute approximate surface area is 120 Å². The third-order valence-electron chi connectivity index (χ3n) is 2.85. The molecule has 0 amide bonds. The number of ether oxygens (including phenoxy) is 1. The Morgan fingerprint density at radius 2 is 1.95 bits per heavy atom. The summed E-state index contributed by atoms with van der Waals surface area (Å²) in [4.78, 5) is 23.3. The normalized spacial score (nSPS) is 11.9. The Morgan fingerprint density at radius 1 is 1.30 bits per heavy atom. The number of esters is 1. The minimum absolute atomic E-state index is 0.0748. The van der Waals surface area contributed by atoms with E-state index >= 15 is 0 Å². The summed E-state index contributed by atoms with van der Waals surface area (Å²) < 4.78 is 6.07. The van der Waals surface area contributed by atoms with Crippen LogP contribution >= 0.6 is 11.6 Å². The van der Waals surface area contributed by atoms with Crippen LogP contribution in [0.5, 0.6) is 0 Å². The summed E-state index contributed by atoms with van der Waals surface area (Å²) >= 11 is 5.85. The number of methoxy groups -OCH3 is 1. The number of aromatic carboxylic acids is 1. The van der Waals surface area contributed by atoms with Gasteiger partial charge in [0.25, 0.3) is 0 Å². The molecule has 104 valence electrons. The number of carboxylic acid groups (broad SMARTS) is 1. The number of hydrogen-bond donors (Lipinski definition) is 1. The number of benzene rings is 1. The van der Waals surface area contributed by atoms with Crippen molar-refractivity contribution in [2.45, 2.75) is 6.04 Å². The second-order valence-electron chi connectivity index (χ2n) is 4.09. The number of aromatic nitrogens is 1. The van der Waals surface area contributed by atoms with E-state index in [4.69, 9.17) is 16.3 Å². The maximum Gasteiger partial charge on any atom is 0.352 e. The molecule has 0 saturated heterocycles. The van der Waals surface area contributed by atoms with Crippen molar-refractivity contribution in [1.29, 1.82) is 0 Å². The topological polar surface area (TPSA) is 68.5 Å². The summed E-state index contributed by atoms with van der Waals surface area (Å²) in [5.41, 5.74) is 0.545. The van der Waals surface area contributed by atoms with E-state index in [2.05, 4.69) is 0 Å². The van der Waals surface area contributed by atoms with Crippen LogP contribution in [0.3, 0.4) is 0 Å². The summed E-state index contributed by atoms with van der Waals surface area (Å²) in [7, 11) is 1.25. The van der Waals surface area contributed by atoms with E-state index in [0.717, 1.165) is 0 Å². The molecule has 2 aromatic rings. The first-order valence-electron chi connectivity index (χ1n) is 5.78. The van der Waals surface area contributed by atoms with E-state index in [0.29, 0.717) is 5.56 Å². The van der Waals surface area contributed by atoms with Gasteiger partial charge >= 0.3 is 11.9 Å². The number of hydrogen-bond acceptors (Lipinski definition) is 3. The average Bonchev–Trinajstić information content (AvgIpc) is 2.82. The number of carbonyl (C=O) groups excluding carboxylic acids is 1. The van der Waals surface area contributed by atoms with Crippen LogP contribution in [0.25, 0.3) is 0 Å². The van der Waals surface area contributed by atoms with E-state index in [-0.39, 0.29) is 10.7 Å². The molecular weight excluding hydrogens is 282 g/mol. The molecule has 1 atom stereocenters. The molecule has 1 aromatic carbocycles. The first-order chi connectivity index (χ1) is 9.54. The predicted molar refractivity (Wildman–Crippen MR) is 73.0 cm³/mol. The predicted octanol–water partition coefficient (Wildman–Crippen LogP) is 2.60. The van der Waals surface area contributed by atoms with E-state index in [9.17, 15) is 14.7 Å². The Morgan fingerprint density at radius 3 is 2.50 bits per heavy atom. The molecule has 0 aliphatic rings. The van der Waals surface area contributed by atoms with Gasteiger partial charge in [-0.05, 0) is 11.6 Å². The van der Waals surface area contributed by atoms with Gasteiger partial charge in [0, 0.05) is 6.20 Å². The van der Waals surface area contributed by atoms with E-state index in [1.807, 2.05) is 0 Å². The molecule has 2 rings (SSSR count). The van der Waals surface area contributed by atoms with Crippen molar-refractivity contribution in [3.63, 3.8) is 0 Å². The number of carboxylic acids is 1. The summed E-state index contributed by atoms with van der Waals surface area (Å²) in [6.45, 7) is 0. The SMILES string of the molecule is COC(=O)C(c1ccccc1)n1cc(Cl)cc1C(=O)O. The van der Waals surface area contributed by atoms with Gasteiger partial charge in [-0.3, -0.25) is 0 Å². The molecule has 1 heterocycles. The van der Waals surface area contributed by atoms with Crippen molar-refractivity contribution < 1.29 is 19.4 Å². The van der Waals surface area contributed by atoms with Crippen molar-refractivity contribution in [3.8, 4) is 0 Å². The van der Waals surface area contributed by atoms with Gasteiger partial charge in [-0.1, -0.05) is 41.9 Å². The highest BCUT2D eigenvalue weighted by molar-refractivity contribution is 6.31. The van der Waals surface area contributed by atoms with Crippen LogP contribution in [0.2, 0.25) is 5.02 Å². The fraction of sp³-hybridized carbons (Fsp3) is 0.143. The molecule has 20 heavy (non-hydrogen) atoms. The second kappa shape index (κ2) is 5.79. The molecule has 6 heteroatoms. The van der Waals surface area contributed by atoms with Gasteiger partial charge in [-0.25, -0.2) is 9.59 Å². The summed E-state index contributed by atoms with van der Waals surface area (Å²) in [5.74, 6) is -1.73. The van der Waals surface area contributed by atoms with Crippen molar-refractivity contribution in [3.05, 3.63) is 58.9 Å². The average molecular weight is 294 g/mol. The number of halogens is 1. The lowest BCUT2D eigenvalue weighted by atomic mass is 10.1. The van der Waals surface area contributed by atoms with Gasteiger partial charge in [0.1, 0.15) is 5.69 Å². The molecule has 1 aromatic heterocycles. The smallest absolute Gasteiger partial charge is 0.352 e. The zero-order valence-electron chi connectivity index (χ0n) is 10.6. The Bertz CT molecular complexity index is 636. The van der Waals surface area contributed by atoms with Gasteiger partial charge in [0.05, 0.1) is 12.1 Å². The van der Waals surface area contributed by atoms with Gasteiger partial charge in [-0.15, -0.1) is 0 Å². The second-order valence-corrected chi connectivity index (χ2v) is 4.53. The zero-order chi connectivity index (χ0) is 14.7. The lowest BCUT2D eigenvalue weighted by Gasteiger charge is -2.18. The molecular formula is C14H12ClNO4. The van der Waals surface area contributed by atoms with Crippen LogP contribution in [0, 0.1) is 0 Å². The lowest BCUT2D eigenvalue weighted by Crippen LogP contribution is -2.24. The quantitative estimate of drug-likeness (QED) is 0.880. The molecule has 1 unspecified atom stereocenters. The molecule has 0 saturated carbocycles. The highest BCUT2D eigenvalue weighted by Crippen LogP contribution is 2.25. The Hall–Kier alpha value is -2.27. The molecule has 5 nitrogen and oxygen atoms in total. The van der Waals surface area contributed by atoms with Crippen molar-refractivity contribution in [1.82, 2.24) is 4.57 Å². The highest BCUT2D eigenvalue weighted by atomic mass is 35.5. The van der Waals surface area contributed by atoms with Crippen LogP contribution in [0.1, 0.15) is 22.1 Å². The largest absolute Gasteiger partial charge is 0.477 e. The van der Waals surface area contributed by atoms with Crippen LogP contribution < -0.4 is 0 Å². The summed E-state index contributed by atoms with van der Waals surface area (Å²) in [6.07, 6.45) is 1.40. The molecule has 0 fully saturated rings. The maximum atomic E-state index is 12.0. The standard InChI is InChI=1S/C14H12ClNO4/c1-20-14(19)12(9-5-3-2-4-6-9)16-8-10(15)7-11(16)13(17)18/h2-8,12H,1H3,(H,17,18).